The normalized spacial score (nSPS) is 16.9. The number of nitrogens with one attached hydrogen (secondary N) is 1. The SMILES string of the molecule is CCNCc1sc(N2CCC(C(C)C)CC2)nc1COC. The number of hydrogen-bond donors (Lipinski definition) is 1. The fraction of sp³-hybridized carbons (Fsp3) is 0.812. The predicted molar refractivity (Wildman–Crippen MR) is 90.0 cm³/mol. The van der Waals surface area contributed by atoms with Gasteiger partial charge in [0.2, 0.25) is 0 Å². The molecule has 120 valence electrons. The molecule has 1 aromatic rings. The fourth-order valence-corrected chi connectivity index (χ4v) is 3.97. The minimum absolute atomic E-state index is 0.611. The lowest BCUT2D eigenvalue weighted by Crippen LogP contribution is -2.35. The zero-order valence-corrected chi connectivity index (χ0v) is 14.6. The van der Waals surface area contributed by atoms with Crippen LogP contribution in [0.5, 0.6) is 0 Å². The summed E-state index contributed by atoms with van der Waals surface area (Å²) in [4.78, 5) is 8.60. The Morgan fingerprint density at radius 2 is 2.10 bits per heavy atom. The number of hydrogen-bond acceptors (Lipinski definition) is 5. The summed E-state index contributed by atoms with van der Waals surface area (Å²) in [7, 11) is 1.74. The molecule has 0 saturated carbocycles. The van der Waals surface area contributed by atoms with E-state index in [-0.39, 0.29) is 0 Å². The van der Waals surface area contributed by atoms with Crippen LogP contribution in [0, 0.1) is 11.8 Å². The number of ether oxygens (including phenoxy) is 1. The second-order valence-corrected chi connectivity index (χ2v) is 7.21. The van der Waals surface area contributed by atoms with Crippen LogP contribution in [0.15, 0.2) is 0 Å². The maximum absolute atomic E-state index is 5.30. The number of nitrogens with zero attached hydrogens (tertiary/aromatic N) is 2. The third-order valence-corrected chi connectivity index (χ3v) is 5.49. The molecule has 1 aromatic heterocycles. The summed E-state index contributed by atoms with van der Waals surface area (Å²) in [5.74, 6) is 1.68. The van der Waals surface area contributed by atoms with Crippen LogP contribution < -0.4 is 10.2 Å². The van der Waals surface area contributed by atoms with E-state index in [1.165, 1.54) is 22.9 Å². The Bertz CT molecular complexity index is 425. The van der Waals surface area contributed by atoms with Crippen molar-refractivity contribution in [3.8, 4) is 0 Å². The van der Waals surface area contributed by atoms with Crippen LogP contribution in [-0.4, -0.2) is 31.7 Å². The average Bonchev–Trinajstić information content (AvgIpc) is 2.88. The van der Waals surface area contributed by atoms with E-state index in [9.17, 15) is 0 Å². The predicted octanol–water partition coefficient (Wildman–Crippen LogP) is 3.27. The van der Waals surface area contributed by atoms with Gasteiger partial charge >= 0.3 is 0 Å². The van der Waals surface area contributed by atoms with Gasteiger partial charge < -0.3 is 15.0 Å². The summed E-state index contributed by atoms with van der Waals surface area (Å²) in [5.41, 5.74) is 1.10. The van der Waals surface area contributed by atoms with Crippen molar-refractivity contribution in [1.29, 1.82) is 0 Å². The zero-order valence-electron chi connectivity index (χ0n) is 13.8. The molecule has 1 saturated heterocycles. The van der Waals surface area contributed by atoms with E-state index < -0.39 is 0 Å². The van der Waals surface area contributed by atoms with Gasteiger partial charge in [-0.15, -0.1) is 11.3 Å². The summed E-state index contributed by atoms with van der Waals surface area (Å²) >= 11 is 1.83. The van der Waals surface area contributed by atoms with Gasteiger partial charge in [-0.1, -0.05) is 20.8 Å². The van der Waals surface area contributed by atoms with Gasteiger partial charge in [0, 0.05) is 31.6 Å². The smallest absolute Gasteiger partial charge is 0.185 e. The van der Waals surface area contributed by atoms with Crippen molar-refractivity contribution < 1.29 is 4.74 Å². The van der Waals surface area contributed by atoms with Crippen LogP contribution in [0.2, 0.25) is 0 Å². The molecule has 0 bridgehead atoms. The zero-order chi connectivity index (χ0) is 15.2. The molecule has 0 aromatic carbocycles. The summed E-state index contributed by atoms with van der Waals surface area (Å²) in [6.45, 7) is 11.6. The molecular weight excluding hydrogens is 282 g/mol. The molecule has 2 rings (SSSR count). The van der Waals surface area contributed by atoms with Crippen LogP contribution in [-0.2, 0) is 17.9 Å². The maximum Gasteiger partial charge on any atom is 0.185 e. The molecular formula is C16H29N3OS. The summed E-state index contributed by atoms with van der Waals surface area (Å²) in [6, 6.07) is 0. The molecule has 1 N–H and O–H groups in total. The second kappa shape index (κ2) is 8.11. The monoisotopic (exact) mass is 311 g/mol. The Kier molecular flexibility index (Phi) is 6.45. The lowest BCUT2D eigenvalue weighted by molar-refractivity contribution is 0.181. The van der Waals surface area contributed by atoms with E-state index in [1.54, 1.807) is 7.11 Å². The number of anilines is 1. The number of aromatic nitrogens is 1. The molecule has 0 atom stereocenters. The van der Waals surface area contributed by atoms with E-state index in [2.05, 4.69) is 31.0 Å². The first-order valence-electron chi connectivity index (χ1n) is 8.08. The van der Waals surface area contributed by atoms with Crippen LogP contribution in [0.4, 0.5) is 5.13 Å². The quantitative estimate of drug-likeness (QED) is 0.838. The third-order valence-electron chi connectivity index (χ3n) is 4.34. The molecule has 1 fully saturated rings. The van der Waals surface area contributed by atoms with Crippen LogP contribution in [0.1, 0.15) is 44.2 Å². The van der Waals surface area contributed by atoms with E-state index in [4.69, 9.17) is 9.72 Å². The summed E-state index contributed by atoms with van der Waals surface area (Å²) in [5, 5.41) is 4.58. The highest BCUT2D eigenvalue weighted by atomic mass is 32.1. The lowest BCUT2D eigenvalue weighted by Gasteiger charge is -2.33. The Labute approximate surface area is 132 Å². The second-order valence-electron chi connectivity index (χ2n) is 6.15. The van der Waals surface area contributed by atoms with Crippen molar-refractivity contribution in [3.63, 3.8) is 0 Å². The number of methoxy groups -OCH3 is 1. The van der Waals surface area contributed by atoms with Crippen molar-refractivity contribution >= 4 is 16.5 Å². The first kappa shape index (κ1) is 16.7. The van der Waals surface area contributed by atoms with Crippen molar-refractivity contribution in [2.24, 2.45) is 11.8 Å². The van der Waals surface area contributed by atoms with E-state index >= 15 is 0 Å². The third kappa shape index (κ3) is 4.41. The van der Waals surface area contributed by atoms with Gasteiger partial charge in [0.25, 0.3) is 0 Å². The standard InChI is InChI=1S/C16H29N3OS/c1-5-17-10-15-14(11-20-4)18-16(21-15)19-8-6-13(7-9-19)12(2)3/h12-13,17H,5-11H2,1-4H3. The van der Waals surface area contributed by atoms with Crippen molar-refractivity contribution in [3.05, 3.63) is 10.6 Å². The minimum atomic E-state index is 0.611. The minimum Gasteiger partial charge on any atom is -0.378 e. The highest BCUT2D eigenvalue weighted by molar-refractivity contribution is 7.15. The van der Waals surface area contributed by atoms with Gasteiger partial charge in [0.15, 0.2) is 5.13 Å². The van der Waals surface area contributed by atoms with Gasteiger partial charge in [-0.3, -0.25) is 0 Å². The van der Waals surface area contributed by atoms with Gasteiger partial charge in [-0.25, -0.2) is 4.98 Å². The van der Waals surface area contributed by atoms with E-state index in [0.29, 0.717) is 6.61 Å². The summed E-state index contributed by atoms with van der Waals surface area (Å²) < 4.78 is 5.30. The molecule has 1 aliphatic heterocycles. The van der Waals surface area contributed by atoms with Gasteiger partial charge in [-0.2, -0.15) is 0 Å². The molecule has 21 heavy (non-hydrogen) atoms. The maximum atomic E-state index is 5.30. The largest absolute Gasteiger partial charge is 0.378 e. The number of rotatable bonds is 7. The van der Waals surface area contributed by atoms with Gasteiger partial charge in [0.05, 0.1) is 12.3 Å². The van der Waals surface area contributed by atoms with Gasteiger partial charge in [-0.05, 0) is 31.2 Å². The Morgan fingerprint density at radius 1 is 1.38 bits per heavy atom. The highest BCUT2D eigenvalue weighted by Gasteiger charge is 2.24. The average molecular weight is 311 g/mol. The number of piperidine rings is 1. The lowest BCUT2D eigenvalue weighted by atomic mass is 9.87. The summed E-state index contributed by atoms with van der Waals surface area (Å²) in [6.07, 6.45) is 2.58. The molecule has 0 aliphatic carbocycles. The first-order chi connectivity index (χ1) is 10.2. The van der Waals surface area contributed by atoms with Crippen molar-refractivity contribution in [2.75, 3.05) is 31.6 Å². The molecule has 2 heterocycles. The fourth-order valence-electron chi connectivity index (χ4n) is 2.89. The van der Waals surface area contributed by atoms with E-state index in [0.717, 1.165) is 43.7 Å². The molecule has 1 aliphatic rings. The molecule has 0 spiro atoms. The van der Waals surface area contributed by atoms with Gasteiger partial charge in [0.1, 0.15) is 0 Å². The molecule has 0 radical (unpaired) electrons. The topological polar surface area (TPSA) is 37.4 Å². The number of thiazole rings is 1. The molecule has 0 unspecified atom stereocenters. The molecule has 0 amide bonds. The van der Waals surface area contributed by atoms with E-state index in [1.807, 2.05) is 11.3 Å². The Balaban J connectivity index is 2.02. The van der Waals surface area contributed by atoms with Crippen LogP contribution in [0.3, 0.4) is 0 Å². The van der Waals surface area contributed by atoms with Crippen molar-refractivity contribution in [1.82, 2.24) is 10.3 Å². The molecule has 4 nitrogen and oxygen atoms in total. The Morgan fingerprint density at radius 3 is 2.67 bits per heavy atom. The Hall–Kier alpha value is -0.650. The highest BCUT2D eigenvalue weighted by Crippen LogP contribution is 2.32. The van der Waals surface area contributed by atoms with Crippen molar-refractivity contribution in [2.45, 2.75) is 46.8 Å². The van der Waals surface area contributed by atoms with Crippen LogP contribution >= 0.6 is 11.3 Å². The van der Waals surface area contributed by atoms with Crippen LogP contribution in [0.25, 0.3) is 0 Å². The first-order valence-corrected chi connectivity index (χ1v) is 8.90. The molecule has 5 heteroatoms.